The summed E-state index contributed by atoms with van der Waals surface area (Å²) in [5.74, 6) is 0.736. The Bertz CT molecular complexity index is 542. The Hall–Kier alpha value is -1.04. The van der Waals surface area contributed by atoms with Crippen LogP contribution >= 0.6 is 34.7 Å². The van der Waals surface area contributed by atoms with Gasteiger partial charge in [0, 0.05) is 25.6 Å². The molecular weight excluding hydrogens is 291 g/mol. The van der Waals surface area contributed by atoms with E-state index in [9.17, 15) is 0 Å². The van der Waals surface area contributed by atoms with Gasteiger partial charge < -0.3 is 10.2 Å². The molecule has 0 atom stereocenters. The molecule has 0 aliphatic rings. The molecule has 1 aromatic heterocycles. The van der Waals surface area contributed by atoms with Crippen molar-refractivity contribution >= 4 is 45.6 Å². The van der Waals surface area contributed by atoms with E-state index in [1.54, 1.807) is 6.07 Å². The Kier molecular flexibility index (Phi) is 4.27. The van der Waals surface area contributed by atoms with Crippen LogP contribution in [0.25, 0.3) is 0 Å². The van der Waals surface area contributed by atoms with Crippen LogP contribution in [0.5, 0.6) is 0 Å². The highest BCUT2D eigenvalue weighted by Crippen LogP contribution is 2.29. The van der Waals surface area contributed by atoms with Crippen LogP contribution in [0.4, 0.5) is 10.8 Å². The number of benzene rings is 1. The largest absolute Gasteiger partial charge is 0.376 e. The molecule has 0 unspecified atom stereocenters. The second-order valence-corrected chi connectivity index (χ2v) is 5.36. The van der Waals surface area contributed by atoms with E-state index in [2.05, 4.69) is 14.7 Å². The fourth-order valence-electron chi connectivity index (χ4n) is 1.31. The van der Waals surface area contributed by atoms with Gasteiger partial charge in [0.05, 0.1) is 22.3 Å². The van der Waals surface area contributed by atoms with Gasteiger partial charge in [0.2, 0.25) is 5.13 Å². The standard InChI is InChI=1S/C11H12Cl2N4S/c1-17(2)11-15-9(16-18-11)6-14-8-5-3-4-7(12)10(8)13/h3-5,14H,6H2,1-2H3. The van der Waals surface area contributed by atoms with Crippen molar-refractivity contribution in [2.24, 2.45) is 0 Å². The van der Waals surface area contributed by atoms with Crippen molar-refractivity contribution < 1.29 is 0 Å². The summed E-state index contributed by atoms with van der Waals surface area (Å²) in [6.07, 6.45) is 0. The van der Waals surface area contributed by atoms with Gasteiger partial charge in [-0.15, -0.1) is 0 Å². The predicted octanol–water partition coefficient (Wildman–Crippen LogP) is 3.52. The van der Waals surface area contributed by atoms with E-state index in [-0.39, 0.29) is 0 Å². The van der Waals surface area contributed by atoms with Crippen molar-refractivity contribution in [1.82, 2.24) is 9.36 Å². The van der Waals surface area contributed by atoms with Crippen molar-refractivity contribution in [2.75, 3.05) is 24.3 Å². The van der Waals surface area contributed by atoms with Gasteiger partial charge in [0.1, 0.15) is 0 Å². The van der Waals surface area contributed by atoms with Crippen molar-refractivity contribution in [3.05, 3.63) is 34.1 Å². The quantitative estimate of drug-likeness (QED) is 0.938. The monoisotopic (exact) mass is 302 g/mol. The van der Waals surface area contributed by atoms with E-state index in [0.717, 1.165) is 16.6 Å². The number of aromatic nitrogens is 2. The SMILES string of the molecule is CN(C)c1nc(CNc2cccc(Cl)c2Cl)ns1. The number of hydrogen-bond donors (Lipinski definition) is 1. The molecule has 2 rings (SSSR count). The van der Waals surface area contributed by atoms with Crippen molar-refractivity contribution in [3.8, 4) is 0 Å². The van der Waals surface area contributed by atoms with Gasteiger partial charge in [-0.05, 0) is 12.1 Å². The number of nitrogens with one attached hydrogen (secondary N) is 1. The van der Waals surface area contributed by atoms with Gasteiger partial charge >= 0.3 is 0 Å². The lowest BCUT2D eigenvalue weighted by Gasteiger charge is -2.07. The molecule has 18 heavy (non-hydrogen) atoms. The van der Waals surface area contributed by atoms with Gasteiger partial charge in [-0.1, -0.05) is 29.3 Å². The van der Waals surface area contributed by atoms with E-state index in [1.807, 2.05) is 31.1 Å². The molecule has 0 radical (unpaired) electrons. The van der Waals surface area contributed by atoms with Crippen molar-refractivity contribution in [2.45, 2.75) is 6.54 Å². The number of halogens is 2. The molecule has 1 aromatic carbocycles. The highest BCUT2D eigenvalue weighted by Gasteiger charge is 2.07. The molecule has 7 heteroatoms. The molecule has 2 aromatic rings. The van der Waals surface area contributed by atoms with Crippen LogP contribution in [0.15, 0.2) is 18.2 Å². The van der Waals surface area contributed by atoms with E-state index >= 15 is 0 Å². The fraction of sp³-hybridized carbons (Fsp3) is 0.273. The summed E-state index contributed by atoms with van der Waals surface area (Å²) in [6.45, 7) is 0.518. The topological polar surface area (TPSA) is 41.1 Å². The lowest BCUT2D eigenvalue weighted by molar-refractivity contribution is 0.989. The molecular formula is C11H12Cl2N4S. The maximum absolute atomic E-state index is 6.07. The summed E-state index contributed by atoms with van der Waals surface area (Å²) >= 11 is 13.4. The molecule has 0 saturated heterocycles. The number of hydrogen-bond acceptors (Lipinski definition) is 5. The Morgan fingerprint density at radius 1 is 1.33 bits per heavy atom. The van der Waals surface area contributed by atoms with Crippen LogP contribution in [-0.4, -0.2) is 23.5 Å². The summed E-state index contributed by atoms with van der Waals surface area (Å²) in [4.78, 5) is 6.30. The second kappa shape index (κ2) is 5.73. The highest BCUT2D eigenvalue weighted by atomic mass is 35.5. The highest BCUT2D eigenvalue weighted by molar-refractivity contribution is 7.09. The third-order valence-electron chi connectivity index (χ3n) is 2.23. The molecule has 96 valence electrons. The maximum Gasteiger partial charge on any atom is 0.204 e. The lowest BCUT2D eigenvalue weighted by Crippen LogP contribution is -2.08. The predicted molar refractivity (Wildman–Crippen MR) is 78.0 cm³/mol. The zero-order valence-electron chi connectivity index (χ0n) is 9.94. The average molecular weight is 303 g/mol. The first kappa shape index (κ1) is 13.4. The van der Waals surface area contributed by atoms with Gasteiger partial charge in [0.25, 0.3) is 0 Å². The van der Waals surface area contributed by atoms with Crippen LogP contribution in [0.3, 0.4) is 0 Å². The molecule has 0 amide bonds. The molecule has 0 aliphatic heterocycles. The summed E-state index contributed by atoms with van der Waals surface area (Å²) in [7, 11) is 3.87. The fourth-order valence-corrected chi connectivity index (χ4v) is 2.28. The number of rotatable bonds is 4. The zero-order chi connectivity index (χ0) is 13.1. The summed E-state index contributed by atoms with van der Waals surface area (Å²) in [6, 6.07) is 5.46. The summed E-state index contributed by atoms with van der Waals surface area (Å²) < 4.78 is 4.25. The van der Waals surface area contributed by atoms with Gasteiger partial charge in [0.15, 0.2) is 5.82 Å². The molecule has 1 heterocycles. The Morgan fingerprint density at radius 2 is 2.11 bits per heavy atom. The Labute approximate surface area is 120 Å². The molecule has 0 saturated carbocycles. The number of nitrogens with zero attached hydrogens (tertiary/aromatic N) is 3. The third kappa shape index (κ3) is 3.04. The normalized spacial score (nSPS) is 10.4. The van der Waals surface area contributed by atoms with Gasteiger partial charge in [-0.3, -0.25) is 0 Å². The van der Waals surface area contributed by atoms with Crippen LogP contribution in [0, 0.1) is 0 Å². The maximum atomic E-state index is 6.07. The van der Waals surface area contributed by atoms with Gasteiger partial charge in [-0.2, -0.15) is 4.37 Å². The minimum atomic E-state index is 0.516. The Balaban J connectivity index is 2.04. The lowest BCUT2D eigenvalue weighted by atomic mass is 10.3. The summed E-state index contributed by atoms with van der Waals surface area (Å²) in [5.41, 5.74) is 0.783. The van der Waals surface area contributed by atoms with E-state index in [4.69, 9.17) is 23.2 Å². The first-order valence-corrected chi connectivity index (χ1v) is 6.78. The Morgan fingerprint density at radius 3 is 2.78 bits per heavy atom. The van der Waals surface area contributed by atoms with Crippen LogP contribution in [0.2, 0.25) is 10.0 Å². The molecule has 1 N–H and O–H groups in total. The average Bonchev–Trinajstić information content (AvgIpc) is 2.80. The van der Waals surface area contributed by atoms with E-state index in [1.165, 1.54) is 11.5 Å². The first-order chi connectivity index (χ1) is 8.58. The van der Waals surface area contributed by atoms with E-state index in [0.29, 0.717) is 16.6 Å². The molecule has 0 aliphatic carbocycles. The molecule has 0 spiro atoms. The van der Waals surface area contributed by atoms with Crippen LogP contribution in [0.1, 0.15) is 5.82 Å². The molecule has 0 bridgehead atoms. The van der Waals surface area contributed by atoms with E-state index < -0.39 is 0 Å². The first-order valence-electron chi connectivity index (χ1n) is 5.25. The smallest absolute Gasteiger partial charge is 0.204 e. The minimum Gasteiger partial charge on any atom is -0.376 e. The van der Waals surface area contributed by atoms with Crippen LogP contribution in [-0.2, 0) is 6.54 Å². The molecule has 4 nitrogen and oxygen atoms in total. The minimum absolute atomic E-state index is 0.516. The second-order valence-electron chi connectivity index (χ2n) is 3.84. The summed E-state index contributed by atoms with van der Waals surface area (Å²) in [5, 5.41) is 5.09. The molecule has 0 fully saturated rings. The van der Waals surface area contributed by atoms with Gasteiger partial charge in [-0.25, -0.2) is 4.98 Å². The van der Waals surface area contributed by atoms with Crippen molar-refractivity contribution in [3.63, 3.8) is 0 Å². The third-order valence-corrected chi connectivity index (χ3v) is 3.97. The zero-order valence-corrected chi connectivity index (χ0v) is 12.3. The number of anilines is 2. The van der Waals surface area contributed by atoms with Crippen LogP contribution < -0.4 is 10.2 Å². The van der Waals surface area contributed by atoms with Crippen molar-refractivity contribution in [1.29, 1.82) is 0 Å².